The number of benzene rings is 2. The Kier molecular flexibility index (Phi) is 5.54. The first-order valence-electron chi connectivity index (χ1n) is 6.78. The molecule has 2 aromatic carbocycles. The fraction of sp³-hybridized carbons (Fsp3) is 0.222. The topological polar surface area (TPSA) is 29.5 Å². The fourth-order valence-corrected chi connectivity index (χ4v) is 2.17. The van der Waals surface area contributed by atoms with Gasteiger partial charge in [0, 0.05) is 5.92 Å². The molecular weight excluding hydrogens is 248 g/mol. The van der Waals surface area contributed by atoms with E-state index in [9.17, 15) is 5.11 Å². The first-order valence-corrected chi connectivity index (χ1v) is 6.78. The van der Waals surface area contributed by atoms with Crippen molar-refractivity contribution in [3.63, 3.8) is 0 Å². The van der Waals surface area contributed by atoms with E-state index >= 15 is 0 Å². The molecular formula is C18H20O2. The van der Waals surface area contributed by atoms with Crippen LogP contribution in [0, 0.1) is 0 Å². The van der Waals surface area contributed by atoms with Crippen LogP contribution < -0.4 is 0 Å². The standard InChI is InChI=1S/C18H20O2/c1-2-17(16-11-7-4-8-12-16)18(19)14-20-13-15-9-5-3-6-10-15/h2-12,17-19H,1,13-14H2/t17-,18-/m1/s1. The van der Waals surface area contributed by atoms with Crippen LogP contribution in [0.3, 0.4) is 0 Å². The summed E-state index contributed by atoms with van der Waals surface area (Å²) in [4.78, 5) is 0. The lowest BCUT2D eigenvalue weighted by molar-refractivity contribution is 0.0218. The summed E-state index contributed by atoms with van der Waals surface area (Å²) in [5, 5.41) is 10.2. The molecule has 1 N–H and O–H groups in total. The Labute approximate surface area is 120 Å². The molecule has 2 heteroatoms. The maximum atomic E-state index is 10.2. The summed E-state index contributed by atoms with van der Waals surface area (Å²) in [6.07, 6.45) is 1.19. The van der Waals surface area contributed by atoms with E-state index in [2.05, 4.69) is 6.58 Å². The van der Waals surface area contributed by atoms with Crippen molar-refractivity contribution in [2.75, 3.05) is 6.61 Å². The highest BCUT2D eigenvalue weighted by Crippen LogP contribution is 2.21. The summed E-state index contributed by atoms with van der Waals surface area (Å²) in [5.74, 6) is -0.105. The van der Waals surface area contributed by atoms with E-state index in [0.29, 0.717) is 13.2 Å². The average Bonchev–Trinajstić information content (AvgIpc) is 2.50. The van der Waals surface area contributed by atoms with Crippen molar-refractivity contribution in [2.45, 2.75) is 18.6 Å². The van der Waals surface area contributed by atoms with Gasteiger partial charge in [-0.15, -0.1) is 6.58 Å². The molecule has 0 saturated carbocycles. The second-order valence-corrected chi connectivity index (χ2v) is 4.74. The van der Waals surface area contributed by atoms with Crippen LogP contribution in [0.1, 0.15) is 17.0 Å². The molecule has 0 aliphatic rings. The second-order valence-electron chi connectivity index (χ2n) is 4.74. The summed E-state index contributed by atoms with van der Waals surface area (Å²) in [6.45, 7) is 4.61. The summed E-state index contributed by atoms with van der Waals surface area (Å²) < 4.78 is 5.59. The molecule has 104 valence electrons. The highest BCUT2D eigenvalue weighted by atomic mass is 16.5. The summed E-state index contributed by atoms with van der Waals surface area (Å²) in [5.41, 5.74) is 2.16. The van der Waals surface area contributed by atoms with Crippen LogP contribution in [0.5, 0.6) is 0 Å². The monoisotopic (exact) mass is 268 g/mol. The van der Waals surface area contributed by atoms with Gasteiger partial charge in [0.25, 0.3) is 0 Å². The Hall–Kier alpha value is -1.90. The van der Waals surface area contributed by atoms with Crippen LogP contribution >= 0.6 is 0 Å². The number of aliphatic hydroxyl groups excluding tert-OH is 1. The van der Waals surface area contributed by atoms with Gasteiger partial charge in [-0.3, -0.25) is 0 Å². The van der Waals surface area contributed by atoms with E-state index < -0.39 is 6.10 Å². The zero-order chi connectivity index (χ0) is 14.2. The van der Waals surface area contributed by atoms with Crippen molar-refractivity contribution in [3.05, 3.63) is 84.4 Å². The summed E-state index contributed by atoms with van der Waals surface area (Å²) >= 11 is 0. The quantitative estimate of drug-likeness (QED) is 0.778. The van der Waals surface area contributed by atoms with Crippen molar-refractivity contribution < 1.29 is 9.84 Å². The van der Waals surface area contributed by atoms with Gasteiger partial charge in [0.15, 0.2) is 0 Å². The molecule has 0 amide bonds. The molecule has 0 fully saturated rings. The smallest absolute Gasteiger partial charge is 0.0876 e. The molecule has 0 saturated heterocycles. The van der Waals surface area contributed by atoms with Gasteiger partial charge in [-0.25, -0.2) is 0 Å². The van der Waals surface area contributed by atoms with Gasteiger partial charge in [-0.2, -0.15) is 0 Å². The first kappa shape index (κ1) is 14.5. The Morgan fingerprint density at radius 1 is 1.00 bits per heavy atom. The minimum absolute atomic E-state index is 0.105. The lowest BCUT2D eigenvalue weighted by Crippen LogP contribution is -2.22. The van der Waals surface area contributed by atoms with E-state index in [-0.39, 0.29) is 5.92 Å². The average molecular weight is 268 g/mol. The SMILES string of the molecule is C=C[C@H](c1ccccc1)[C@H](O)COCc1ccccc1. The van der Waals surface area contributed by atoms with Crippen molar-refractivity contribution in [1.29, 1.82) is 0 Å². The van der Waals surface area contributed by atoms with Crippen molar-refractivity contribution in [3.8, 4) is 0 Å². The molecule has 0 aliphatic heterocycles. The lowest BCUT2D eigenvalue weighted by Gasteiger charge is -2.20. The third-order valence-corrected chi connectivity index (χ3v) is 3.25. The second kappa shape index (κ2) is 7.63. The Morgan fingerprint density at radius 2 is 1.60 bits per heavy atom. The number of hydrogen-bond donors (Lipinski definition) is 1. The molecule has 0 heterocycles. The van der Waals surface area contributed by atoms with Crippen LogP contribution in [0.25, 0.3) is 0 Å². The molecule has 0 bridgehead atoms. The largest absolute Gasteiger partial charge is 0.390 e. The lowest BCUT2D eigenvalue weighted by atomic mass is 9.94. The number of rotatable bonds is 7. The van der Waals surface area contributed by atoms with Crippen LogP contribution in [0.2, 0.25) is 0 Å². The van der Waals surface area contributed by atoms with Gasteiger partial charge in [0.1, 0.15) is 0 Å². The zero-order valence-electron chi connectivity index (χ0n) is 11.5. The molecule has 2 atom stereocenters. The van der Waals surface area contributed by atoms with E-state index in [1.165, 1.54) is 0 Å². The minimum Gasteiger partial charge on any atom is -0.390 e. The maximum absolute atomic E-state index is 10.2. The molecule has 0 aromatic heterocycles. The van der Waals surface area contributed by atoms with Crippen molar-refractivity contribution in [2.24, 2.45) is 0 Å². The number of aliphatic hydroxyl groups is 1. The summed E-state index contributed by atoms with van der Waals surface area (Å²) in [7, 11) is 0. The van der Waals surface area contributed by atoms with E-state index in [4.69, 9.17) is 4.74 Å². The first-order chi connectivity index (χ1) is 9.81. The molecule has 2 aromatic rings. The van der Waals surface area contributed by atoms with E-state index in [1.54, 1.807) is 6.08 Å². The van der Waals surface area contributed by atoms with Gasteiger partial charge in [-0.1, -0.05) is 66.7 Å². The van der Waals surface area contributed by atoms with E-state index in [0.717, 1.165) is 11.1 Å². The molecule has 0 aliphatic carbocycles. The zero-order valence-corrected chi connectivity index (χ0v) is 11.5. The molecule has 0 spiro atoms. The highest BCUT2D eigenvalue weighted by Gasteiger charge is 2.17. The van der Waals surface area contributed by atoms with E-state index in [1.807, 2.05) is 60.7 Å². The Bertz CT molecular complexity index is 507. The maximum Gasteiger partial charge on any atom is 0.0876 e. The predicted molar refractivity (Wildman–Crippen MR) is 81.5 cm³/mol. The van der Waals surface area contributed by atoms with Gasteiger partial charge < -0.3 is 9.84 Å². The molecule has 0 unspecified atom stereocenters. The van der Waals surface area contributed by atoms with Gasteiger partial charge in [0.05, 0.1) is 19.3 Å². The van der Waals surface area contributed by atoms with Crippen molar-refractivity contribution in [1.82, 2.24) is 0 Å². The summed E-state index contributed by atoms with van der Waals surface area (Å²) in [6, 6.07) is 19.8. The Morgan fingerprint density at radius 3 is 2.20 bits per heavy atom. The van der Waals surface area contributed by atoms with Crippen LogP contribution in [-0.4, -0.2) is 17.8 Å². The fourth-order valence-electron chi connectivity index (χ4n) is 2.17. The number of ether oxygens (including phenoxy) is 1. The van der Waals surface area contributed by atoms with Gasteiger partial charge in [-0.05, 0) is 11.1 Å². The van der Waals surface area contributed by atoms with Gasteiger partial charge in [0.2, 0.25) is 0 Å². The highest BCUT2D eigenvalue weighted by molar-refractivity contribution is 5.24. The van der Waals surface area contributed by atoms with Crippen LogP contribution in [0.4, 0.5) is 0 Å². The molecule has 20 heavy (non-hydrogen) atoms. The third-order valence-electron chi connectivity index (χ3n) is 3.25. The van der Waals surface area contributed by atoms with Crippen LogP contribution in [0.15, 0.2) is 73.3 Å². The number of hydrogen-bond acceptors (Lipinski definition) is 2. The molecule has 2 rings (SSSR count). The Balaban J connectivity index is 1.87. The normalized spacial score (nSPS) is 13.7. The molecule has 2 nitrogen and oxygen atoms in total. The third kappa shape index (κ3) is 4.05. The minimum atomic E-state index is -0.585. The van der Waals surface area contributed by atoms with Crippen molar-refractivity contribution >= 4 is 0 Å². The van der Waals surface area contributed by atoms with Gasteiger partial charge >= 0.3 is 0 Å². The van der Waals surface area contributed by atoms with Crippen LogP contribution in [-0.2, 0) is 11.3 Å². The predicted octanol–water partition coefficient (Wildman–Crippen LogP) is 3.53. The molecule has 0 radical (unpaired) electrons.